The summed E-state index contributed by atoms with van der Waals surface area (Å²) in [5.74, 6) is 2.38. The second-order valence-electron chi connectivity index (χ2n) is 0.968. The number of terminal acetylenes is 1. The van der Waals surface area contributed by atoms with Gasteiger partial charge in [-0.15, -0.1) is 17.8 Å². The van der Waals surface area contributed by atoms with Gasteiger partial charge < -0.3 is 0 Å². The van der Waals surface area contributed by atoms with E-state index in [-0.39, 0.29) is 0 Å². The fraction of sp³-hybridized carbons (Fsp3) is 0. The predicted molar refractivity (Wildman–Crippen MR) is 28.9 cm³/mol. The lowest BCUT2D eigenvalue weighted by molar-refractivity contribution is 1.36. The van der Waals surface area contributed by atoms with Crippen molar-refractivity contribution < 1.29 is 0 Å². The van der Waals surface area contributed by atoms with Crippen LogP contribution in [-0.2, 0) is 0 Å². The number of hydrogen-bond donors (Lipinski definition) is 0. The first-order valence-corrected chi connectivity index (χ1v) is 2.59. The van der Waals surface area contributed by atoms with Crippen LogP contribution >= 0.6 is 11.3 Å². The van der Waals surface area contributed by atoms with Crippen molar-refractivity contribution in [2.45, 2.75) is 0 Å². The molecule has 0 saturated carbocycles. The fourth-order valence-corrected chi connectivity index (χ4v) is 0.686. The molecule has 1 nitrogen and oxygen atoms in total. The van der Waals surface area contributed by atoms with Crippen LogP contribution in [-0.4, -0.2) is 4.98 Å². The van der Waals surface area contributed by atoms with Gasteiger partial charge in [0.2, 0.25) is 0 Å². The Kier molecular flexibility index (Phi) is 1.10. The molecule has 1 aromatic rings. The molecule has 0 unspecified atom stereocenters. The number of thiazole rings is 1. The van der Waals surface area contributed by atoms with Crippen LogP contribution in [0.2, 0.25) is 0 Å². The van der Waals surface area contributed by atoms with E-state index in [0.717, 1.165) is 0 Å². The zero-order valence-electron chi connectivity index (χ0n) is 3.51. The van der Waals surface area contributed by atoms with Gasteiger partial charge in [0.1, 0.15) is 5.69 Å². The van der Waals surface area contributed by atoms with Crippen molar-refractivity contribution >= 4 is 11.3 Å². The molecule has 0 aliphatic carbocycles. The average molecular weight is 108 g/mol. The van der Waals surface area contributed by atoms with Gasteiger partial charge >= 0.3 is 0 Å². The van der Waals surface area contributed by atoms with Gasteiger partial charge in [0.25, 0.3) is 0 Å². The molecule has 2 heteroatoms. The predicted octanol–water partition coefficient (Wildman–Crippen LogP) is 0.925. The van der Waals surface area contributed by atoms with E-state index in [1.807, 2.05) is 0 Å². The first kappa shape index (κ1) is 4.35. The third kappa shape index (κ3) is 0.787. The lowest BCUT2D eigenvalue weighted by Crippen LogP contribution is -1.64. The highest BCUT2D eigenvalue weighted by Gasteiger charge is 1.81. The standard InChI is InChI=1S/C5H2NS/c1-2-5-3-7-4-6-5/h1,3H. The Hall–Kier alpha value is -0.810. The first-order valence-electron chi connectivity index (χ1n) is 1.71. The zero-order chi connectivity index (χ0) is 5.11. The van der Waals surface area contributed by atoms with Crippen molar-refractivity contribution in [1.29, 1.82) is 0 Å². The van der Waals surface area contributed by atoms with Gasteiger partial charge in [-0.05, 0) is 5.92 Å². The van der Waals surface area contributed by atoms with Crippen molar-refractivity contribution in [3.8, 4) is 12.3 Å². The van der Waals surface area contributed by atoms with Gasteiger partial charge in [-0.2, -0.15) is 0 Å². The van der Waals surface area contributed by atoms with E-state index in [1.165, 1.54) is 11.3 Å². The summed E-state index contributed by atoms with van der Waals surface area (Å²) in [6, 6.07) is 0. The van der Waals surface area contributed by atoms with Crippen LogP contribution < -0.4 is 0 Å². The Labute approximate surface area is 46.0 Å². The molecule has 0 aliphatic rings. The van der Waals surface area contributed by atoms with Gasteiger partial charge in [-0.1, -0.05) is 0 Å². The van der Waals surface area contributed by atoms with Crippen molar-refractivity contribution in [2.75, 3.05) is 0 Å². The lowest BCUT2D eigenvalue weighted by Gasteiger charge is -1.65. The average Bonchev–Trinajstić information content (AvgIpc) is 2.14. The Bertz CT molecular complexity index is 170. The maximum Gasteiger partial charge on any atom is 0.153 e. The van der Waals surface area contributed by atoms with E-state index < -0.39 is 0 Å². The monoisotopic (exact) mass is 108 g/mol. The number of nitrogens with zero attached hydrogens (tertiary/aromatic N) is 1. The van der Waals surface area contributed by atoms with Crippen molar-refractivity contribution in [1.82, 2.24) is 4.98 Å². The van der Waals surface area contributed by atoms with E-state index in [2.05, 4.69) is 16.4 Å². The molecule has 0 amide bonds. The lowest BCUT2D eigenvalue weighted by atomic mass is 10.5. The van der Waals surface area contributed by atoms with E-state index in [0.29, 0.717) is 5.69 Å². The quantitative estimate of drug-likeness (QED) is 0.450. The van der Waals surface area contributed by atoms with Gasteiger partial charge in [0.05, 0.1) is 0 Å². The molecule has 0 atom stereocenters. The Morgan fingerprint density at radius 1 is 2.00 bits per heavy atom. The summed E-state index contributed by atoms with van der Waals surface area (Å²) in [4.78, 5) is 3.69. The summed E-state index contributed by atoms with van der Waals surface area (Å²) in [7, 11) is 0. The Morgan fingerprint density at radius 2 is 2.86 bits per heavy atom. The van der Waals surface area contributed by atoms with E-state index >= 15 is 0 Å². The van der Waals surface area contributed by atoms with Crippen molar-refractivity contribution in [2.24, 2.45) is 0 Å². The van der Waals surface area contributed by atoms with Crippen molar-refractivity contribution in [3.63, 3.8) is 0 Å². The molecule has 1 radical (unpaired) electrons. The molecule has 0 fully saturated rings. The molecule has 0 bridgehead atoms. The highest BCUT2D eigenvalue weighted by Crippen LogP contribution is 1.95. The van der Waals surface area contributed by atoms with Crippen LogP contribution in [0.15, 0.2) is 5.38 Å². The smallest absolute Gasteiger partial charge is 0.153 e. The van der Waals surface area contributed by atoms with E-state index in [4.69, 9.17) is 6.42 Å². The molecule has 33 valence electrons. The topological polar surface area (TPSA) is 12.9 Å². The molecule has 0 N–H and O–H groups in total. The van der Waals surface area contributed by atoms with Crippen LogP contribution in [0.3, 0.4) is 0 Å². The molecule has 0 saturated heterocycles. The number of rotatable bonds is 0. The number of hydrogen-bond acceptors (Lipinski definition) is 2. The van der Waals surface area contributed by atoms with Crippen LogP contribution in [0.25, 0.3) is 0 Å². The van der Waals surface area contributed by atoms with E-state index in [9.17, 15) is 0 Å². The summed E-state index contributed by atoms with van der Waals surface area (Å²) in [6.45, 7) is 0. The molecular formula is C5H2NS. The minimum absolute atomic E-state index is 0.671. The van der Waals surface area contributed by atoms with Gasteiger partial charge in [0, 0.05) is 5.38 Å². The molecule has 1 aromatic heterocycles. The molecule has 7 heavy (non-hydrogen) atoms. The van der Waals surface area contributed by atoms with Crippen LogP contribution in [0, 0.1) is 17.9 Å². The highest BCUT2D eigenvalue weighted by atomic mass is 32.1. The molecule has 0 aromatic carbocycles. The maximum atomic E-state index is 4.97. The normalized spacial score (nSPS) is 7.86. The van der Waals surface area contributed by atoms with Crippen molar-refractivity contribution in [3.05, 3.63) is 16.6 Å². The second kappa shape index (κ2) is 1.76. The molecular weight excluding hydrogens is 106 g/mol. The summed E-state index contributed by atoms with van der Waals surface area (Å²) in [6.07, 6.45) is 4.97. The summed E-state index contributed by atoms with van der Waals surface area (Å²) in [5.41, 5.74) is 3.30. The summed E-state index contributed by atoms with van der Waals surface area (Å²) >= 11 is 1.39. The van der Waals surface area contributed by atoms with Crippen LogP contribution in [0.4, 0.5) is 0 Å². The largest absolute Gasteiger partial charge is 0.225 e. The molecule has 1 heterocycles. The second-order valence-corrected chi connectivity index (χ2v) is 1.62. The summed E-state index contributed by atoms with van der Waals surface area (Å²) < 4.78 is 0. The molecule has 0 aliphatic heterocycles. The minimum atomic E-state index is 0.671. The van der Waals surface area contributed by atoms with Gasteiger partial charge in [-0.25, -0.2) is 4.98 Å². The van der Waals surface area contributed by atoms with Crippen LogP contribution in [0.1, 0.15) is 5.69 Å². The van der Waals surface area contributed by atoms with Gasteiger partial charge in [0.15, 0.2) is 5.51 Å². The first-order chi connectivity index (χ1) is 3.43. The maximum absolute atomic E-state index is 4.97. The van der Waals surface area contributed by atoms with E-state index in [1.54, 1.807) is 5.38 Å². The van der Waals surface area contributed by atoms with Gasteiger partial charge in [-0.3, -0.25) is 0 Å². The number of aromatic nitrogens is 1. The Morgan fingerprint density at radius 3 is 3.14 bits per heavy atom. The minimum Gasteiger partial charge on any atom is -0.225 e. The zero-order valence-corrected chi connectivity index (χ0v) is 4.33. The Balaban J connectivity index is 3.04. The highest BCUT2D eigenvalue weighted by molar-refractivity contribution is 7.07. The third-order valence-corrected chi connectivity index (χ3v) is 1.08. The molecule has 0 spiro atoms. The summed E-state index contributed by atoms with van der Waals surface area (Å²) in [5, 5.41) is 1.78. The third-order valence-electron chi connectivity index (χ3n) is 0.537. The van der Waals surface area contributed by atoms with Crippen LogP contribution in [0.5, 0.6) is 0 Å². The fourth-order valence-electron chi connectivity index (χ4n) is 0.250. The molecule has 1 rings (SSSR count). The SMILES string of the molecule is C#Cc1cs[c]n1.